The van der Waals surface area contributed by atoms with E-state index >= 15 is 0 Å². The zero-order valence-electron chi connectivity index (χ0n) is 12.3. The molecule has 1 heterocycles. The third kappa shape index (κ3) is 5.42. The van der Waals surface area contributed by atoms with Crippen LogP contribution < -0.4 is 5.32 Å². The van der Waals surface area contributed by atoms with Gasteiger partial charge in [-0.05, 0) is 38.7 Å². The van der Waals surface area contributed by atoms with E-state index in [0.29, 0.717) is 12.3 Å². The molecule has 0 unspecified atom stereocenters. The summed E-state index contributed by atoms with van der Waals surface area (Å²) in [4.78, 5) is 11.9. The first kappa shape index (κ1) is 15.7. The Hall–Kier alpha value is -1.36. The highest BCUT2D eigenvalue weighted by Crippen LogP contribution is 2.15. The number of carbonyl (C=O) groups is 1. The van der Waals surface area contributed by atoms with Gasteiger partial charge in [-0.2, -0.15) is 5.10 Å². The van der Waals surface area contributed by atoms with E-state index < -0.39 is 5.60 Å². The lowest BCUT2D eigenvalue weighted by Crippen LogP contribution is -2.43. The van der Waals surface area contributed by atoms with Crippen LogP contribution in [0, 0.1) is 5.92 Å². The summed E-state index contributed by atoms with van der Waals surface area (Å²) in [6.07, 6.45) is 5.02. The van der Waals surface area contributed by atoms with Crippen molar-refractivity contribution in [1.29, 1.82) is 0 Å². The summed E-state index contributed by atoms with van der Waals surface area (Å²) in [7, 11) is 0. The van der Waals surface area contributed by atoms with Crippen LogP contribution in [-0.4, -0.2) is 32.9 Å². The van der Waals surface area contributed by atoms with Crippen LogP contribution in [0.2, 0.25) is 0 Å². The molecule has 108 valence electrons. The molecule has 0 aromatic carbocycles. The SMILES string of the molecule is CC(C)CC[C@](C)(O)CNC(=O)[C@H](C)n1cccn1. The van der Waals surface area contributed by atoms with E-state index in [9.17, 15) is 9.90 Å². The molecular formula is C14H25N3O2. The number of nitrogens with one attached hydrogen (secondary N) is 1. The molecule has 5 nitrogen and oxygen atoms in total. The molecule has 2 atom stereocenters. The standard InChI is InChI=1S/C14H25N3O2/c1-11(2)6-7-14(4,19)10-15-13(18)12(3)17-9-5-8-16-17/h5,8-9,11-12,19H,6-7,10H2,1-4H3,(H,15,18)/t12-,14-/m0/s1. The number of amides is 1. The van der Waals surface area contributed by atoms with Crippen molar-refractivity contribution >= 4 is 5.91 Å². The first-order valence-corrected chi connectivity index (χ1v) is 6.81. The topological polar surface area (TPSA) is 67.2 Å². The molecule has 0 saturated heterocycles. The highest BCUT2D eigenvalue weighted by Gasteiger charge is 2.23. The first-order valence-electron chi connectivity index (χ1n) is 6.81. The first-order chi connectivity index (χ1) is 8.82. The highest BCUT2D eigenvalue weighted by molar-refractivity contribution is 5.79. The number of hydrogen-bond acceptors (Lipinski definition) is 3. The Morgan fingerprint density at radius 3 is 2.68 bits per heavy atom. The Morgan fingerprint density at radius 1 is 1.47 bits per heavy atom. The van der Waals surface area contributed by atoms with Gasteiger partial charge < -0.3 is 10.4 Å². The highest BCUT2D eigenvalue weighted by atomic mass is 16.3. The lowest BCUT2D eigenvalue weighted by atomic mass is 9.95. The summed E-state index contributed by atoms with van der Waals surface area (Å²) >= 11 is 0. The second-order valence-electron chi connectivity index (χ2n) is 5.81. The van der Waals surface area contributed by atoms with Crippen molar-refractivity contribution in [1.82, 2.24) is 15.1 Å². The molecule has 1 aromatic heterocycles. The van der Waals surface area contributed by atoms with Crippen molar-refractivity contribution in [2.75, 3.05) is 6.54 Å². The maximum absolute atomic E-state index is 11.9. The quantitative estimate of drug-likeness (QED) is 0.791. The molecule has 0 bridgehead atoms. The predicted molar refractivity (Wildman–Crippen MR) is 74.6 cm³/mol. The molecule has 1 rings (SSSR count). The van der Waals surface area contributed by atoms with Gasteiger partial charge in [0.25, 0.3) is 0 Å². The van der Waals surface area contributed by atoms with Crippen LogP contribution in [0.25, 0.3) is 0 Å². The number of nitrogens with zero attached hydrogens (tertiary/aromatic N) is 2. The van der Waals surface area contributed by atoms with Crippen LogP contribution in [0.15, 0.2) is 18.5 Å². The van der Waals surface area contributed by atoms with Gasteiger partial charge in [-0.25, -0.2) is 0 Å². The molecule has 19 heavy (non-hydrogen) atoms. The Kier molecular flexibility index (Phi) is 5.54. The second kappa shape index (κ2) is 6.70. The minimum absolute atomic E-state index is 0.131. The third-order valence-electron chi connectivity index (χ3n) is 3.20. The average Bonchev–Trinajstić information content (AvgIpc) is 2.86. The normalized spacial score (nSPS) is 16.1. The van der Waals surface area contributed by atoms with Crippen LogP contribution in [-0.2, 0) is 4.79 Å². The zero-order valence-corrected chi connectivity index (χ0v) is 12.3. The number of rotatable bonds is 7. The van der Waals surface area contributed by atoms with Gasteiger partial charge in [-0.1, -0.05) is 13.8 Å². The molecule has 0 saturated carbocycles. The molecule has 0 aliphatic rings. The largest absolute Gasteiger partial charge is 0.388 e. The smallest absolute Gasteiger partial charge is 0.244 e. The van der Waals surface area contributed by atoms with Crippen molar-refractivity contribution in [3.8, 4) is 0 Å². The van der Waals surface area contributed by atoms with Crippen LogP contribution in [0.3, 0.4) is 0 Å². The van der Waals surface area contributed by atoms with Crippen LogP contribution >= 0.6 is 0 Å². The Labute approximate surface area is 115 Å². The van der Waals surface area contributed by atoms with Gasteiger partial charge in [0, 0.05) is 18.9 Å². The Bertz CT molecular complexity index is 385. The number of hydrogen-bond donors (Lipinski definition) is 2. The van der Waals surface area contributed by atoms with Gasteiger partial charge in [0.15, 0.2) is 0 Å². The molecule has 0 fully saturated rings. The summed E-state index contributed by atoms with van der Waals surface area (Å²) < 4.78 is 1.60. The van der Waals surface area contributed by atoms with Crippen molar-refractivity contribution in [3.05, 3.63) is 18.5 Å². The molecule has 0 aliphatic carbocycles. The zero-order chi connectivity index (χ0) is 14.5. The maximum atomic E-state index is 11.9. The van der Waals surface area contributed by atoms with Crippen molar-refractivity contribution in [2.45, 2.75) is 52.2 Å². The summed E-state index contributed by atoms with van der Waals surface area (Å²) in [6.45, 7) is 8.05. The fourth-order valence-electron chi connectivity index (χ4n) is 1.74. The molecule has 0 aliphatic heterocycles. The average molecular weight is 267 g/mol. The molecule has 0 radical (unpaired) electrons. The summed E-state index contributed by atoms with van der Waals surface area (Å²) in [5, 5.41) is 17.0. The molecule has 1 aromatic rings. The van der Waals surface area contributed by atoms with Gasteiger partial charge in [0.2, 0.25) is 5.91 Å². The molecular weight excluding hydrogens is 242 g/mol. The van der Waals surface area contributed by atoms with E-state index in [1.54, 1.807) is 37.0 Å². The fraction of sp³-hybridized carbons (Fsp3) is 0.714. The van der Waals surface area contributed by atoms with Crippen LogP contribution in [0.5, 0.6) is 0 Å². The van der Waals surface area contributed by atoms with Crippen LogP contribution in [0.4, 0.5) is 0 Å². The van der Waals surface area contributed by atoms with Crippen molar-refractivity contribution in [2.24, 2.45) is 5.92 Å². The monoisotopic (exact) mass is 267 g/mol. The van der Waals surface area contributed by atoms with E-state index in [0.717, 1.165) is 6.42 Å². The van der Waals surface area contributed by atoms with Gasteiger partial charge >= 0.3 is 0 Å². The number of aromatic nitrogens is 2. The van der Waals surface area contributed by atoms with Gasteiger partial charge in [-0.3, -0.25) is 9.48 Å². The molecule has 0 spiro atoms. The lowest BCUT2D eigenvalue weighted by Gasteiger charge is -2.25. The van der Waals surface area contributed by atoms with E-state index in [-0.39, 0.29) is 18.5 Å². The summed E-state index contributed by atoms with van der Waals surface area (Å²) in [5.41, 5.74) is -0.857. The maximum Gasteiger partial charge on any atom is 0.244 e. The lowest BCUT2D eigenvalue weighted by molar-refractivity contribution is -0.125. The van der Waals surface area contributed by atoms with Crippen LogP contribution in [0.1, 0.15) is 46.6 Å². The van der Waals surface area contributed by atoms with Crippen molar-refractivity contribution in [3.63, 3.8) is 0 Å². The van der Waals surface area contributed by atoms with Gasteiger partial charge in [0.1, 0.15) is 6.04 Å². The summed E-state index contributed by atoms with van der Waals surface area (Å²) in [5.74, 6) is 0.415. The molecule has 5 heteroatoms. The van der Waals surface area contributed by atoms with E-state index in [4.69, 9.17) is 0 Å². The van der Waals surface area contributed by atoms with Gasteiger partial charge in [-0.15, -0.1) is 0 Å². The number of carbonyl (C=O) groups excluding carboxylic acids is 1. The summed E-state index contributed by atoms with van der Waals surface area (Å²) in [6, 6.07) is 1.42. The number of aliphatic hydroxyl groups is 1. The molecule has 1 amide bonds. The van der Waals surface area contributed by atoms with Crippen molar-refractivity contribution < 1.29 is 9.90 Å². The Morgan fingerprint density at radius 2 is 2.16 bits per heavy atom. The predicted octanol–water partition coefficient (Wildman–Crippen LogP) is 1.75. The van der Waals surface area contributed by atoms with Gasteiger partial charge in [0.05, 0.1) is 5.60 Å². The molecule has 2 N–H and O–H groups in total. The third-order valence-corrected chi connectivity index (χ3v) is 3.20. The van der Waals surface area contributed by atoms with E-state index in [2.05, 4.69) is 24.3 Å². The fourth-order valence-corrected chi connectivity index (χ4v) is 1.74. The minimum atomic E-state index is -0.857. The Balaban J connectivity index is 2.41. The van der Waals surface area contributed by atoms with E-state index in [1.807, 2.05) is 0 Å². The second-order valence-corrected chi connectivity index (χ2v) is 5.81. The van der Waals surface area contributed by atoms with E-state index in [1.165, 1.54) is 0 Å². The minimum Gasteiger partial charge on any atom is -0.388 e.